The molecule has 0 aliphatic carbocycles. The second-order valence-corrected chi connectivity index (χ2v) is 6.46. The number of aromatic nitrogens is 1. The third-order valence-corrected chi connectivity index (χ3v) is 4.42. The molecule has 28 heavy (non-hydrogen) atoms. The van der Waals surface area contributed by atoms with Gasteiger partial charge in [0.2, 0.25) is 0 Å². The van der Waals surface area contributed by atoms with Crippen molar-refractivity contribution in [3.63, 3.8) is 0 Å². The topological polar surface area (TPSA) is 66.2 Å². The minimum atomic E-state index is -0.114. The molecular formula is C23H21N3O2. The number of carbonyl (C=O) groups is 1. The minimum Gasteiger partial charge on any atom is -0.484 e. The number of rotatable bonds is 7. The molecule has 2 aromatic carbocycles. The molecule has 5 nitrogen and oxygen atoms in total. The van der Waals surface area contributed by atoms with Gasteiger partial charge in [0.05, 0.1) is 11.6 Å². The molecule has 1 amide bonds. The summed E-state index contributed by atoms with van der Waals surface area (Å²) in [5.74, 6) is 0.445. The van der Waals surface area contributed by atoms with Crippen molar-refractivity contribution in [2.45, 2.75) is 20.0 Å². The summed E-state index contributed by atoms with van der Waals surface area (Å²) in [5.41, 5.74) is 3.75. The summed E-state index contributed by atoms with van der Waals surface area (Å²) in [7, 11) is 0. The molecule has 0 spiro atoms. The monoisotopic (exact) mass is 371 g/mol. The Morgan fingerprint density at radius 3 is 2.54 bits per heavy atom. The van der Waals surface area contributed by atoms with Crippen molar-refractivity contribution in [3.8, 4) is 11.8 Å². The average Bonchev–Trinajstić information content (AvgIpc) is 2.74. The van der Waals surface area contributed by atoms with E-state index >= 15 is 0 Å². The van der Waals surface area contributed by atoms with Crippen LogP contribution in [0.15, 0.2) is 73.1 Å². The van der Waals surface area contributed by atoms with Crippen LogP contribution in [-0.4, -0.2) is 22.4 Å². The van der Waals surface area contributed by atoms with Gasteiger partial charge in [-0.1, -0.05) is 30.3 Å². The minimum absolute atomic E-state index is 0.0714. The Morgan fingerprint density at radius 2 is 1.86 bits per heavy atom. The van der Waals surface area contributed by atoms with Crippen LogP contribution in [0.5, 0.6) is 5.75 Å². The van der Waals surface area contributed by atoms with Crippen molar-refractivity contribution >= 4 is 5.91 Å². The maximum absolute atomic E-state index is 12.9. The molecule has 3 rings (SSSR count). The first-order valence-corrected chi connectivity index (χ1v) is 9.00. The van der Waals surface area contributed by atoms with E-state index in [0.717, 1.165) is 16.7 Å². The highest BCUT2D eigenvalue weighted by atomic mass is 16.5. The Kier molecular flexibility index (Phi) is 6.37. The zero-order valence-electron chi connectivity index (χ0n) is 15.7. The maximum Gasteiger partial charge on any atom is 0.261 e. The zero-order chi connectivity index (χ0) is 19.8. The fourth-order valence-corrected chi connectivity index (χ4v) is 2.80. The van der Waals surface area contributed by atoms with Crippen LogP contribution in [0.3, 0.4) is 0 Å². The number of hydrogen-bond acceptors (Lipinski definition) is 4. The van der Waals surface area contributed by atoms with E-state index in [4.69, 9.17) is 10.00 Å². The fourth-order valence-electron chi connectivity index (χ4n) is 2.80. The molecule has 0 bridgehead atoms. The lowest BCUT2D eigenvalue weighted by atomic mass is 10.1. The number of hydrogen-bond donors (Lipinski definition) is 0. The van der Waals surface area contributed by atoms with Gasteiger partial charge >= 0.3 is 0 Å². The summed E-state index contributed by atoms with van der Waals surface area (Å²) in [6.07, 6.45) is 3.48. The zero-order valence-corrected chi connectivity index (χ0v) is 15.7. The van der Waals surface area contributed by atoms with Crippen molar-refractivity contribution in [2.75, 3.05) is 6.61 Å². The molecule has 0 radical (unpaired) electrons. The smallest absolute Gasteiger partial charge is 0.261 e. The van der Waals surface area contributed by atoms with Crippen LogP contribution < -0.4 is 4.74 Å². The van der Waals surface area contributed by atoms with E-state index in [9.17, 15) is 4.79 Å². The summed E-state index contributed by atoms with van der Waals surface area (Å²) < 4.78 is 5.64. The molecule has 3 aromatic rings. The molecule has 1 aromatic heterocycles. The van der Waals surface area contributed by atoms with Crippen LogP contribution in [0, 0.1) is 18.3 Å². The summed E-state index contributed by atoms with van der Waals surface area (Å²) >= 11 is 0. The van der Waals surface area contributed by atoms with Crippen LogP contribution in [0.4, 0.5) is 0 Å². The number of nitriles is 1. The Morgan fingerprint density at radius 1 is 1.07 bits per heavy atom. The average molecular weight is 371 g/mol. The molecule has 0 unspecified atom stereocenters. The first kappa shape index (κ1) is 19.1. The molecule has 0 aliphatic heterocycles. The first-order valence-electron chi connectivity index (χ1n) is 9.00. The van der Waals surface area contributed by atoms with Crippen molar-refractivity contribution in [3.05, 3.63) is 95.3 Å². The van der Waals surface area contributed by atoms with Gasteiger partial charge in [-0.2, -0.15) is 5.26 Å². The number of benzene rings is 2. The molecule has 0 atom stereocenters. The van der Waals surface area contributed by atoms with Crippen LogP contribution in [0.1, 0.15) is 22.3 Å². The summed E-state index contributed by atoms with van der Waals surface area (Å²) in [6.45, 7) is 2.92. The number of nitrogens with zero attached hydrogens (tertiary/aromatic N) is 3. The predicted molar refractivity (Wildman–Crippen MR) is 106 cm³/mol. The number of ether oxygens (including phenoxy) is 1. The van der Waals surface area contributed by atoms with Crippen molar-refractivity contribution in [2.24, 2.45) is 0 Å². The summed E-state index contributed by atoms with van der Waals surface area (Å²) in [4.78, 5) is 18.8. The second-order valence-electron chi connectivity index (χ2n) is 6.46. The van der Waals surface area contributed by atoms with Crippen LogP contribution in [0.25, 0.3) is 0 Å². The fraction of sp³-hybridized carbons (Fsp3) is 0.174. The normalized spacial score (nSPS) is 10.1. The molecule has 0 fully saturated rings. The lowest BCUT2D eigenvalue weighted by Crippen LogP contribution is -2.34. The van der Waals surface area contributed by atoms with E-state index < -0.39 is 0 Å². The third kappa shape index (κ3) is 5.18. The highest BCUT2D eigenvalue weighted by Crippen LogP contribution is 2.15. The van der Waals surface area contributed by atoms with Crippen LogP contribution >= 0.6 is 0 Å². The molecule has 0 saturated heterocycles. The van der Waals surface area contributed by atoms with E-state index in [1.807, 2.05) is 43.3 Å². The van der Waals surface area contributed by atoms with Gasteiger partial charge in [-0.25, -0.2) is 0 Å². The second kappa shape index (κ2) is 9.33. The van der Waals surface area contributed by atoms with Gasteiger partial charge in [-0.3, -0.25) is 9.78 Å². The van der Waals surface area contributed by atoms with Crippen LogP contribution in [-0.2, 0) is 17.9 Å². The third-order valence-electron chi connectivity index (χ3n) is 4.42. The van der Waals surface area contributed by atoms with Crippen molar-refractivity contribution in [1.82, 2.24) is 9.88 Å². The number of carbonyl (C=O) groups excluding carboxylic acids is 1. The van der Waals surface area contributed by atoms with Gasteiger partial charge in [-0.15, -0.1) is 0 Å². The van der Waals surface area contributed by atoms with Crippen molar-refractivity contribution < 1.29 is 9.53 Å². The van der Waals surface area contributed by atoms with Crippen molar-refractivity contribution in [1.29, 1.82) is 5.26 Å². The van der Waals surface area contributed by atoms with E-state index in [1.165, 1.54) is 0 Å². The molecule has 0 aliphatic rings. The Labute approximate surface area is 164 Å². The van der Waals surface area contributed by atoms with Gasteiger partial charge in [0.25, 0.3) is 5.91 Å². The molecule has 5 heteroatoms. The quantitative estimate of drug-likeness (QED) is 0.632. The van der Waals surface area contributed by atoms with Gasteiger partial charge in [0.15, 0.2) is 6.61 Å². The Hall–Kier alpha value is -3.65. The molecule has 1 heterocycles. The largest absolute Gasteiger partial charge is 0.484 e. The van der Waals surface area contributed by atoms with Gasteiger partial charge in [-0.05, 0) is 53.9 Å². The number of aryl methyl sites for hydroxylation is 1. The molecule has 140 valence electrons. The lowest BCUT2D eigenvalue weighted by molar-refractivity contribution is -0.134. The van der Waals surface area contributed by atoms with E-state index in [1.54, 1.807) is 41.6 Å². The summed E-state index contributed by atoms with van der Waals surface area (Å²) in [6, 6.07) is 20.6. The number of pyridine rings is 1. The van der Waals surface area contributed by atoms with Gasteiger partial charge in [0, 0.05) is 25.5 Å². The number of amides is 1. The molecule has 0 N–H and O–H groups in total. The van der Waals surface area contributed by atoms with Crippen LogP contribution in [0.2, 0.25) is 0 Å². The highest BCUT2D eigenvalue weighted by molar-refractivity contribution is 5.77. The Balaban J connectivity index is 1.72. The Bertz CT molecular complexity index is 963. The summed E-state index contributed by atoms with van der Waals surface area (Å²) in [5, 5.41) is 8.87. The highest BCUT2D eigenvalue weighted by Gasteiger charge is 2.16. The SMILES string of the molecule is Cc1ccccc1CN(Cc1cccnc1)C(=O)COc1ccc(C#N)cc1. The molecular weight excluding hydrogens is 350 g/mol. The maximum atomic E-state index is 12.9. The molecule has 0 saturated carbocycles. The van der Waals surface area contributed by atoms with E-state index in [0.29, 0.717) is 24.4 Å². The van der Waals surface area contributed by atoms with E-state index in [2.05, 4.69) is 11.1 Å². The van der Waals surface area contributed by atoms with Gasteiger partial charge < -0.3 is 9.64 Å². The standard InChI is InChI=1S/C23H21N3O2/c1-18-5-2-3-7-21(18)16-26(15-20-6-4-12-25-14-20)23(27)17-28-22-10-8-19(13-24)9-11-22/h2-12,14H,15-17H2,1H3. The predicted octanol–water partition coefficient (Wildman–Crippen LogP) is 3.87. The van der Waals surface area contributed by atoms with E-state index in [-0.39, 0.29) is 12.5 Å². The first-order chi connectivity index (χ1) is 13.7. The lowest BCUT2D eigenvalue weighted by Gasteiger charge is -2.24. The van der Waals surface area contributed by atoms with Gasteiger partial charge in [0.1, 0.15) is 5.75 Å².